The first-order chi connectivity index (χ1) is 10.6. The molecule has 0 bridgehead atoms. The molecule has 0 saturated carbocycles. The number of carbonyl (C=O) groups is 1. The number of benzene rings is 1. The molecule has 0 atom stereocenters. The maximum absolute atomic E-state index is 12.1. The highest BCUT2D eigenvalue weighted by atomic mass is 16.6. The van der Waals surface area contributed by atoms with Crippen LogP contribution in [0.5, 0.6) is 0 Å². The molecule has 1 aromatic rings. The fraction of sp³-hybridized carbons (Fsp3) is 0.611. The second kappa shape index (κ2) is 6.30. The lowest BCUT2D eigenvalue weighted by Crippen LogP contribution is -2.50. The molecule has 1 aliphatic heterocycles. The van der Waals surface area contributed by atoms with Gasteiger partial charge in [0.25, 0.3) is 0 Å². The van der Waals surface area contributed by atoms with Gasteiger partial charge < -0.3 is 20.7 Å². The van der Waals surface area contributed by atoms with Gasteiger partial charge in [-0.3, -0.25) is 0 Å². The zero-order valence-electron chi connectivity index (χ0n) is 14.9. The standard InChI is InChI=1S/C18H29N3O2/c1-13-6-7-14(19)15(12-13)20-18(5)8-10-21(11-9-18)16(22)23-17(2,3)4/h6-7,12,20H,8-11,19H2,1-5H3. The molecule has 5 nitrogen and oxygen atoms in total. The van der Waals surface area contributed by atoms with Crippen molar-refractivity contribution in [3.8, 4) is 0 Å². The van der Waals surface area contributed by atoms with E-state index in [0.29, 0.717) is 13.1 Å². The Morgan fingerprint density at radius 3 is 2.48 bits per heavy atom. The lowest BCUT2D eigenvalue weighted by atomic mass is 9.89. The Kier molecular flexibility index (Phi) is 4.78. The van der Waals surface area contributed by atoms with Crippen molar-refractivity contribution in [2.75, 3.05) is 24.1 Å². The van der Waals surface area contributed by atoms with E-state index in [2.05, 4.69) is 25.2 Å². The monoisotopic (exact) mass is 319 g/mol. The van der Waals surface area contributed by atoms with Crippen LogP contribution in [0.25, 0.3) is 0 Å². The van der Waals surface area contributed by atoms with Crippen molar-refractivity contribution < 1.29 is 9.53 Å². The maximum atomic E-state index is 12.1. The van der Waals surface area contributed by atoms with Crippen LogP contribution in [0.1, 0.15) is 46.1 Å². The lowest BCUT2D eigenvalue weighted by molar-refractivity contribution is 0.0184. The van der Waals surface area contributed by atoms with Gasteiger partial charge in [0.1, 0.15) is 5.60 Å². The highest BCUT2D eigenvalue weighted by Gasteiger charge is 2.33. The average Bonchev–Trinajstić information content (AvgIpc) is 2.41. The van der Waals surface area contributed by atoms with E-state index in [4.69, 9.17) is 10.5 Å². The van der Waals surface area contributed by atoms with Crippen molar-refractivity contribution in [2.45, 2.75) is 58.6 Å². The second-order valence-electron chi connectivity index (χ2n) is 7.74. The number of aryl methyl sites for hydroxylation is 1. The van der Waals surface area contributed by atoms with Crippen LogP contribution in [-0.2, 0) is 4.74 Å². The number of ether oxygens (including phenoxy) is 1. The molecule has 2 rings (SSSR count). The second-order valence-corrected chi connectivity index (χ2v) is 7.74. The van der Waals surface area contributed by atoms with E-state index in [1.165, 1.54) is 5.56 Å². The van der Waals surface area contributed by atoms with E-state index < -0.39 is 5.60 Å². The molecule has 1 fully saturated rings. The lowest BCUT2D eigenvalue weighted by Gasteiger charge is -2.41. The molecule has 0 spiro atoms. The summed E-state index contributed by atoms with van der Waals surface area (Å²) < 4.78 is 5.45. The molecule has 1 aromatic carbocycles. The highest BCUT2D eigenvalue weighted by molar-refractivity contribution is 5.69. The zero-order chi connectivity index (χ0) is 17.3. The third-order valence-electron chi connectivity index (χ3n) is 4.16. The van der Waals surface area contributed by atoms with Gasteiger partial charge in [-0.15, -0.1) is 0 Å². The van der Waals surface area contributed by atoms with Gasteiger partial charge in [0.2, 0.25) is 0 Å². The molecule has 128 valence electrons. The summed E-state index contributed by atoms with van der Waals surface area (Å²) in [6.45, 7) is 11.3. The minimum absolute atomic E-state index is 0.0690. The molecule has 0 radical (unpaired) electrons. The normalized spacial score (nSPS) is 17.7. The molecule has 0 unspecified atom stereocenters. The van der Waals surface area contributed by atoms with Crippen molar-refractivity contribution in [3.05, 3.63) is 23.8 Å². The molecular weight excluding hydrogens is 290 g/mol. The molecule has 23 heavy (non-hydrogen) atoms. The van der Waals surface area contributed by atoms with Crippen LogP contribution in [0.4, 0.5) is 16.2 Å². The number of likely N-dealkylation sites (tertiary alicyclic amines) is 1. The first-order valence-electron chi connectivity index (χ1n) is 8.20. The molecule has 3 N–H and O–H groups in total. The number of piperidine rings is 1. The Morgan fingerprint density at radius 1 is 1.30 bits per heavy atom. The Labute approximate surface area is 139 Å². The van der Waals surface area contributed by atoms with Gasteiger partial charge in [0.15, 0.2) is 0 Å². The fourth-order valence-corrected chi connectivity index (χ4v) is 2.74. The van der Waals surface area contributed by atoms with E-state index >= 15 is 0 Å². The Morgan fingerprint density at radius 2 is 1.91 bits per heavy atom. The Balaban J connectivity index is 1.97. The SMILES string of the molecule is Cc1ccc(N)c(NC2(C)CCN(C(=O)OC(C)(C)C)CC2)c1. The number of rotatable bonds is 2. The Bertz CT molecular complexity index is 570. The van der Waals surface area contributed by atoms with Gasteiger partial charge in [-0.1, -0.05) is 6.07 Å². The van der Waals surface area contributed by atoms with Gasteiger partial charge in [-0.2, -0.15) is 0 Å². The van der Waals surface area contributed by atoms with E-state index in [1.54, 1.807) is 4.90 Å². The molecule has 0 aromatic heterocycles. The number of hydrogen-bond acceptors (Lipinski definition) is 4. The van der Waals surface area contributed by atoms with Crippen LogP contribution >= 0.6 is 0 Å². The molecule has 1 heterocycles. The van der Waals surface area contributed by atoms with Gasteiger partial charge in [-0.05, 0) is 65.2 Å². The van der Waals surface area contributed by atoms with Crippen LogP contribution in [-0.4, -0.2) is 35.2 Å². The van der Waals surface area contributed by atoms with E-state index in [1.807, 2.05) is 32.9 Å². The Hall–Kier alpha value is -1.91. The van der Waals surface area contributed by atoms with E-state index in [-0.39, 0.29) is 11.6 Å². The molecule has 1 saturated heterocycles. The molecule has 0 aliphatic carbocycles. The summed E-state index contributed by atoms with van der Waals surface area (Å²) >= 11 is 0. The summed E-state index contributed by atoms with van der Waals surface area (Å²) in [5.41, 5.74) is 8.45. The van der Waals surface area contributed by atoms with Crippen LogP contribution < -0.4 is 11.1 Å². The van der Waals surface area contributed by atoms with Crippen molar-refractivity contribution >= 4 is 17.5 Å². The van der Waals surface area contributed by atoms with Crippen LogP contribution in [0, 0.1) is 6.92 Å². The van der Waals surface area contributed by atoms with Gasteiger partial charge in [0, 0.05) is 18.6 Å². The zero-order valence-corrected chi connectivity index (χ0v) is 14.9. The number of hydrogen-bond donors (Lipinski definition) is 2. The van der Waals surface area contributed by atoms with E-state index in [9.17, 15) is 4.79 Å². The fourth-order valence-electron chi connectivity index (χ4n) is 2.74. The maximum Gasteiger partial charge on any atom is 0.410 e. The molecular formula is C18H29N3O2. The number of anilines is 2. The highest BCUT2D eigenvalue weighted by Crippen LogP contribution is 2.30. The van der Waals surface area contributed by atoms with Crippen molar-refractivity contribution in [2.24, 2.45) is 0 Å². The van der Waals surface area contributed by atoms with Gasteiger partial charge in [-0.25, -0.2) is 4.79 Å². The van der Waals surface area contributed by atoms with E-state index in [0.717, 1.165) is 24.2 Å². The predicted molar refractivity (Wildman–Crippen MR) is 94.7 cm³/mol. The molecule has 1 aliphatic rings. The topological polar surface area (TPSA) is 67.6 Å². The average molecular weight is 319 g/mol. The summed E-state index contributed by atoms with van der Waals surface area (Å²) in [6.07, 6.45) is 1.49. The predicted octanol–water partition coefficient (Wildman–Crippen LogP) is 3.78. The number of nitrogens with two attached hydrogens (primary N) is 1. The smallest absolute Gasteiger partial charge is 0.410 e. The summed E-state index contributed by atoms with van der Waals surface area (Å²) in [4.78, 5) is 13.9. The summed E-state index contributed by atoms with van der Waals surface area (Å²) in [7, 11) is 0. The minimum atomic E-state index is -0.452. The quantitative estimate of drug-likeness (QED) is 0.814. The van der Waals surface area contributed by atoms with Crippen molar-refractivity contribution in [1.82, 2.24) is 4.90 Å². The van der Waals surface area contributed by atoms with Crippen LogP contribution in [0.15, 0.2) is 18.2 Å². The van der Waals surface area contributed by atoms with Crippen LogP contribution in [0.3, 0.4) is 0 Å². The number of carbonyl (C=O) groups excluding carboxylic acids is 1. The third-order valence-corrected chi connectivity index (χ3v) is 4.16. The largest absolute Gasteiger partial charge is 0.444 e. The minimum Gasteiger partial charge on any atom is -0.444 e. The molecule has 1 amide bonds. The summed E-state index contributed by atoms with van der Waals surface area (Å²) in [6, 6.07) is 6.01. The van der Waals surface area contributed by atoms with Crippen LogP contribution in [0.2, 0.25) is 0 Å². The summed E-state index contributed by atoms with van der Waals surface area (Å²) in [5, 5.41) is 3.57. The number of amides is 1. The molecule has 5 heteroatoms. The van der Waals surface area contributed by atoms with Gasteiger partial charge in [0.05, 0.1) is 11.4 Å². The van der Waals surface area contributed by atoms with Gasteiger partial charge >= 0.3 is 6.09 Å². The number of nitrogens with zero attached hydrogens (tertiary/aromatic N) is 1. The van der Waals surface area contributed by atoms with Crippen molar-refractivity contribution in [3.63, 3.8) is 0 Å². The first-order valence-corrected chi connectivity index (χ1v) is 8.20. The first kappa shape index (κ1) is 17.4. The number of nitrogen functional groups attached to an aromatic ring is 1. The third kappa shape index (κ3) is 4.78. The van der Waals surface area contributed by atoms with Crippen molar-refractivity contribution in [1.29, 1.82) is 0 Å². The number of nitrogens with one attached hydrogen (secondary N) is 1. The summed E-state index contributed by atoms with van der Waals surface area (Å²) in [5.74, 6) is 0.